The van der Waals surface area contributed by atoms with Crippen LogP contribution in [-0.2, 0) is 37.3 Å². The van der Waals surface area contributed by atoms with Crippen LogP contribution in [0.4, 0.5) is 22.7 Å². The minimum Gasteiger partial charge on any atom is -0.509 e. The normalized spacial score (nSPS) is 12.9. The fourth-order valence-corrected chi connectivity index (χ4v) is 8.23. The summed E-state index contributed by atoms with van der Waals surface area (Å²) in [7, 11) is 0. The van der Waals surface area contributed by atoms with Crippen LogP contribution in [0.3, 0.4) is 0 Å². The van der Waals surface area contributed by atoms with Crippen molar-refractivity contribution in [3.05, 3.63) is 194 Å². The Balaban J connectivity index is 0.00000272. The van der Waals surface area contributed by atoms with Crippen molar-refractivity contribution in [1.29, 1.82) is 0 Å². The molecular weight excluding hydrogens is 916 g/mol. The van der Waals surface area contributed by atoms with E-state index in [0.29, 0.717) is 11.5 Å². The van der Waals surface area contributed by atoms with Crippen LogP contribution in [0.5, 0.6) is 11.5 Å². The molecule has 0 spiro atoms. The van der Waals surface area contributed by atoms with Crippen molar-refractivity contribution in [2.24, 2.45) is 0 Å². The molecule has 9 rings (SSSR count). The van der Waals surface area contributed by atoms with E-state index in [4.69, 9.17) is 9.72 Å². The molecule has 304 valence electrons. The van der Waals surface area contributed by atoms with Crippen LogP contribution in [0.1, 0.15) is 77.6 Å². The van der Waals surface area contributed by atoms with Gasteiger partial charge in [-0.15, -0.1) is 48.1 Å². The molecule has 0 aliphatic carbocycles. The van der Waals surface area contributed by atoms with E-state index in [-0.39, 0.29) is 44.7 Å². The number of pyridine rings is 1. The summed E-state index contributed by atoms with van der Waals surface area (Å²) in [6.07, 6.45) is 1.92. The first-order chi connectivity index (χ1) is 27.8. The van der Waals surface area contributed by atoms with Gasteiger partial charge in [-0.3, -0.25) is 0 Å². The molecule has 0 radical (unpaired) electrons. The second-order valence-corrected chi connectivity index (χ2v) is 17.9. The number of ether oxygens (including phenoxy) is 1. The Bertz CT molecular complexity index is 2810. The number of hydrogen-bond acceptors (Lipinski definition) is 4. The van der Waals surface area contributed by atoms with E-state index in [9.17, 15) is 0 Å². The van der Waals surface area contributed by atoms with E-state index in [1.54, 1.807) is 0 Å². The Labute approximate surface area is 370 Å². The first-order valence-corrected chi connectivity index (χ1v) is 20.1. The van der Waals surface area contributed by atoms with Crippen LogP contribution in [0.15, 0.2) is 146 Å². The summed E-state index contributed by atoms with van der Waals surface area (Å²) in [5, 5.41) is 2.33. The van der Waals surface area contributed by atoms with Gasteiger partial charge < -0.3 is 26.5 Å². The van der Waals surface area contributed by atoms with Crippen molar-refractivity contribution < 1.29 is 25.8 Å². The predicted molar refractivity (Wildman–Crippen MR) is 247 cm³/mol. The Morgan fingerprint density at radius 1 is 0.583 bits per heavy atom. The summed E-state index contributed by atoms with van der Waals surface area (Å²) in [4.78, 5) is 9.36. The Kier molecular flexibility index (Phi) is 11.4. The Morgan fingerprint density at radius 3 is 1.98 bits per heavy atom. The van der Waals surface area contributed by atoms with Crippen LogP contribution in [-0.4, -0.2) is 9.55 Å². The molecule has 0 N–H and O–H groups in total. The van der Waals surface area contributed by atoms with E-state index in [2.05, 4.69) is 210 Å². The summed E-state index contributed by atoms with van der Waals surface area (Å²) in [6, 6.07) is 56.5. The molecule has 1 aliphatic heterocycles. The maximum Gasteiger partial charge on any atom is 4.00 e. The number of hydrogen-bond donors (Lipinski definition) is 0. The van der Waals surface area contributed by atoms with Crippen LogP contribution < -0.4 is 14.5 Å². The summed E-state index contributed by atoms with van der Waals surface area (Å²) >= 11 is 0. The molecule has 0 saturated heterocycles. The molecule has 2 aromatic heterocycles. The van der Waals surface area contributed by atoms with Gasteiger partial charge in [0.2, 0.25) is 0 Å². The number of fused-ring (bicyclic) bond motifs is 4. The Morgan fingerprint density at radius 2 is 1.25 bits per heavy atom. The van der Waals surface area contributed by atoms with Gasteiger partial charge in [-0.05, 0) is 80.9 Å². The van der Waals surface area contributed by atoms with Crippen molar-refractivity contribution in [1.82, 2.24) is 9.55 Å². The van der Waals surface area contributed by atoms with Gasteiger partial charge in [0.25, 0.3) is 0 Å². The zero-order chi connectivity index (χ0) is 40.4. The molecule has 0 amide bonds. The smallest absolute Gasteiger partial charge is 0.509 e. The van der Waals surface area contributed by atoms with Gasteiger partial charge in [-0.25, -0.2) is 4.98 Å². The molecule has 6 heteroatoms. The average Bonchev–Trinajstić information content (AvgIpc) is 3.77. The third kappa shape index (κ3) is 7.65. The van der Waals surface area contributed by atoms with Crippen LogP contribution in [0, 0.1) is 26.2 Å². The maximum atomic E-state index is 6.64. The second-order valence-electron chi connectivity index (χ2n) is 17.9. The van der Waals surface area contributed by atoms with E-state index in [0.717, 1.165) is 45.0 Å². The van der Waals surface area contributed by atoms with Gasteiger partial charge in [0.1, 0.15) is 5.82 Å². The first-order valence-electron chi connectivity index (χ1n) is 20.1. The number of aromatic nitrogens is 2. The molecule has 60 heavy (non-hydrogen) atoms. The number of anilines is 4. The molecule has 0 unspecified atom stereocenters. The van der Waals surface area contributed by atoms with E-state index >= 15 is 0 Å². The average molecular weight is 968 g/mol. The zero-order valence-electron chi connectivity index (χ0n) is 35.9. The van der Waals surface area contributed by atoms with Crippen LogP contribution in [0.25, 0.3) is 27.6 Å². The van der Waals surface area contributed by atoms with Gasteiger partial charge in [-0.1, -0.05) is 128 Å². The summed E-state index contributed by atoms with van der Waals surface area (Å²) in [5.74, 6) is 2.08. The molecule has 0 bridgehead atoms. The summed E-state index contributed by atoms with van der Waals surface area (Å²) in [6.45, 7) is 20.2. The van der Waals surface area contributed by atoms with Gasteiger partial charge in [0.05, 0.1) is 0 Å². The maximum absolute atomic E-state index is 6.64. The molecule has 8 aromatic rings. The third-order valence-electron chi connectivity index (χ3n) is 11.5. The number of benzene rings is 6. The summed E-state index contributed by atoms with van der Waals surface area (Å²) in [5.41, 5.74) is 11.0. The van der Waals surface area contributed by atoms with Gasteiger partial charge in [-0.2, -0.15) is 12.1 Å². The second kappa shape index (κ2) is 16.1. The van der Waals surface area contributed by atoms with Crippen molar-refractivity contribution in [3.8, 4) is 17.3 Å². The van der Waals surface area contributed by atoms with Crippen molar-refractivity contribution in [2.75, 3.05) is 9.80 Å². The molecule has 5 nitrogen and oxygen atoms in total. The fraction of sp³-hybridized carbons (Fsp3) is 0.204. The Hall–Kier alpha value is -5.64. The molecule has 0 saturated carbocycles. The van der Waals surface area contributed by atoms with Crippen LogP contribution in [0.2, 0.25) is 0 Å². The standard InChI is InChI=1S/C53H49N4O.CH3.Pt/c1-51(2,3)37-29-30-54-49(32-37)57-47-26-16-23-44(52(4,5)6)50(47)43-28-27-42(34-48(43)57)58-41-22-15-21-40(33-41)56-35-55(45-24-12-13-25-46(45)56)39-20-14-19-38(31-39)53(7,8)36-17-10-9-11-18-36;;/h9-32,35H,1-8H3;1H3;/q-3;-1;+4. The molecule has 3 heterocycles. The van der Waals surface area contributed by atoms with E-state index < -0.39 is 0 Å². The summed E-state index contributed by atoms with van der Waals surface area (Å²) < 4.78 is 8.88. The minimum absolute atomic E-state index is 0. The number of para-hydroxylation sites is 2. The van der Waals surface area contributed by atoms with Crippen LogP contribution >= 0.6 is 0 Å². The third-order valence-corrected chi connectivity index (χ3v) is 11.5. The van der Waals surface area contributed by atoms with Crippen molar-refractivity contribution >= 4 is 44.6 Å². The molecule has 6 aromatic carbocycles. The van der Waals surface area contributed by atoms with Gasteiger partial charge in [0, 0.05) is 45.7 Å². The number of rotatable bonds is 7. The SMILES string of the molecule is CC(C)(C)c1ccnc(-n2c3[c-]c(Oc4[c-]c(N5[CH-]N(c6cccc(C(C)(C)c7ccccc7)c6)c6ccccc65)ccc4)ccc3c3c(C(C)(C)C)cccc32)c1.[CH3-].[Pt+4]. The van der Waals surface area contributed by atoms with Gasteiger partial charge in [0.15, 0.2) is 0 Å². The predicted octanol–water partition coefficient (Wildman–Crippen LogP) is 14.3. The molecule has 0 atom stereocenters. The minimum atomic E-state index is -0.161. The topological polar surface area (TPSA) is 33.5 Å². The first kappa shape index (κ1) is 42.5. The van der Waals surface area contributed by atoms with Crippen molar-refractivity contribution in [3.63, 3.8) is 0 Å². The van der Waals surface area contributed by atoms with E-state index in [1.165, 1.54) is 27.6 Å². The van der Waals surface area contributed by atoms with Gasteiger partial charge >= 0.3 is 21.1 Å². The van der Waals surface area contributed by atoms with Crippen molar-refractivity contribution in [2.45, 2.75) is 71.6 Å². The molecule has 1 aliphatic rings. The molecular formula is C54H52N4OPt. The van der Waals surface area contributed by atoms with E-state index in [1.807, 2.05) is 24.4 Å². The quantitative estimate of drug-likeness (QED) is 0.149. The fourth-order valence-electron chi connectivity index (χ4n) is 8.23. The largest absolute Gasteiger partial charge is 4.00 e. The monoisotopic (exact) mass is 967 g/mol. The number of nitrogens with zero attached hydrogens (tertiary/aromatic N) is 4. The molecule has 0 fully saturated rings. The zero-order valence-corrected chi connectivity index (χ0v) is 38.2.